The highest BCUT2D eigenvalue weighted by Gasteiger charge is 2.42. The van der Waals surface area contributed by atoms with Crippen molar-refractivity contribution in [2.24, 2.45) is 11.0 Å². The summed E-state index contributed by atoms with van der Waals surface area (Å²) in [7, 11) is 1.69. The highest BCUT2D eigenvalue weighted by molar-refractivity contribution is 7.80. The van der Waals surface area contributed by atoms with E-state index in [1.165, 1.54) is 22.3 Å². The molecule has 3 aromatic rings. The van der Waals surface area contributed by atoms with Crippen molar-refractivity contribution in [3.05, 3.63) is 101 Å². The Balaban J connectivity index is 1.47. The first-order valence-corrected chi connectivity index (χ1v) is 11.1. The summed E-state index contributed by atoms with van der Waals surface area (Å²) in [5, 5.41) is 11.2. The van der Waals surface area contributed by atoms with Crippen LogP contribution in [0.5, 0.6) is 5.75 Å². The first-order valence-electron chi connectivity index (χ1n) is 10.7. The molecule has 156 valence electrons. The second-order valence-corrected chi connectivity index (χ2v) is 8.38. The van der Waals surface area contributed by atoms with Gasteiger partial charge in [0.1, 0.15) is 5.75 Å². The van der Waals surface area contributed by atoms with Crippen LogP contribution < -0.4 is 10.1 Å². The second-order valence-electron chi connectivity index (χ2n) is 7.99. The van der Waals surface area contributed by atoms with Crippen LogP contribution in [-0.4, -0.2) is 22.9 Å². The molecule has 0 aromatic heterocycles. The third-order valence-corrected chi connectivity index (χ3v) is 6.51. The molecule has 0 saturated carbocycles. The molecule has 0 spiro atoms. The molecule has 1 aliphatic heterocycles. The Morgan fingerprint density at radius 1 is 1.03 bits per heavy atom. The molecule has 3 aromatic carbocycles. The summed E-state index contributed by atoms with van der Waals surface area (Å²) in [4.78, 5) is 0. The monoisotopic (exact) mass is 427 g/mol. The molecule has 0 amide bonds. The molecule has 0 bridgehead atoms. The number of hydrogen-bond acceptors (Lipinski definition) is 3. The lowest BCUT2D eigenvalue weighted by Crippen LogP contribution is -2.38. The number of methoxy groups -OCH3 is 1. The third-order valence-electron chi connectivity index (χ3n) is 6.18. The van der Waals surface area contributed by atoms with E-state index in [0.717, 1.165) is 24.3 Å². The summed E-state index contributed by atoms with van der Waals surface area (Å²) in [6, 6.07) is 27.3. The van der Waals surface area contributed by atoms with E-state index in [4.69, 9.17) is 22.1 Å². The fourth-order valence-corrected chi connectivity index (χ4v) is 4.85. The van der Waals surface area contributed by atoms with Crippen LogP contribution >= 0.6 is 12.2 Å². The number of hydrogen-bond donors (Lipinski definition) is 1. The quantitative estimate of drug-likeness (QED) is 0.588. The molecule has 4 nitrogen and oxygen atoms in total. The van der Waals surface area contributed by atoms with Crippen molar-refractivity contribution in [3.8, 4) is 5.75 Å². The minimum atomic E-state index is 0.0741. The molecule has 0 fully saturated rings. The smallest absolute Gasteiger partial charge is 0.190 e. The van der Waals surface area contributed by atoms with Crippen molar-refractivity contribution in [1.29, 1.82) is 0 Å². The lowest BCUT2D eigenvalue weighted by atomic mass is 9.77. The molecule has 31 heavy (non-hydrogen) atoms. The number of thiocarbonyl (C=S) groups is 1. The topological polar surface area (TPSA) is 36.9 Å². The van der Waals surface area contributed by atoms with E-state index < -0.39 is 0 Å². The number of aryl methyl sites for hydroxylation is 1. The van der Waals surface area contributed by atoms with Crippen LogP contribution in [0.4, 0.5) is 0 Å². The maximum absolute atomic E-state index is 5.84. The van der Waals surface area contributed by atoms with Crippen LogP contribution in [0.3, 0.4) is 0 Å². The maximum atomic E-state index is 5.84. The van der Waals surface area contributed by atoms with Gasteiger partial charge >= 0.3 is 0 Å². The van der Waals surface area contributed by atoms with Crippen molar-refractivity contribution < 1.29 is 4.74 Å². The van der Waals surface area contributed by atoms with Crippen molar-refractivity contribution >= 4 is 23.0 Å². The number of benzene rings is 3. The third kappa shape index (κ3) is 3.81. The van der Waals surface area contributed by atoms with Gasteiger partial charge in [0, 0.05) is 18.0 Å². The Bertz CT molecular complexity index is 1110. The Morgan fingerprint density at radius 2 is 1.77 bits per heavy atom. The van der Waals surface area contributed by atoms with Crippen LogP contribution in [0.15, 0.2) is 84.0 Å². The van der Waals surface area contributed by atoms with E-state index in [2.05, 4.69) is 53.8 Å². The van der Waals surface area contributed by atoms with Gasteiger partial charge in [-0.2, -0.15) is 5.10 Å². The fourth-order valence-electron chi connectivity index (χ4n) is 4.62. The van der Waals surface area contributed by atoms with Gasteiger partial charge in [-0.25, -0.2) is 5.01 Å². The highest BCUT2D eigenvalue weighted by atomic mass is 32.1. The minimum Gasteiger partial charge on any atom is -0.497 e. The van der Waals surface area contributed by atoms with Crippen LogP contribution in [0.25, 0.3) is 0 Å². The number of fused-ring (bicyclic) bond motifs is 3. The van der Waals surface area contributed by atoms with Gasteiger partial charge in [0.15, 0.2) is 5.11 Å². The maximum Gasteiger partial charge on any atom is 0.190 e. The van der Waals surface area contributed by atoms with Crippen molar-refractivity contribution in [2.45, 2.75) is 25.4 Å². The fraction of sp³-hybridized carbons (Fsp3) is 0.231. The van der Waals surface area contributed by atoms with Crippen LogP contribution in [0.1, 0.15) is 34.7 Å². The van der Waals surface area contributed by atoms with Crippen molar-refractivity contribution in [2.75, 3.05) is 7.11 Å². The van der Waals surface area contributed by atoms with Crippen LogP contribution in [0.2, 0.25) is 0 Å². The summed E-state index contributed by atoms with van der Waals surface area (Å²) in [5.41, 5.74) is 6.17. The number of ether oxygens (including phenoxy) is 1. The average molecular weight is 428 g/mol. The number of hydrazone groups is 1. The predicted molar refractivity (Wildman–Crippen MR) is 128 cm³/mol. The zero-order chi connectivity index (χ0) is 21.2. The van der Waals surface area contributed by atoms with E-state index in [1.54, 1.807) is 7.11 Å². The zero-order valence-corrected chi connectivity index (χ0v) is 18.3. The summed E-state index contributed by atoms with van der Waals surface area (Å²) < 4.78 is 5.37. The standard InChI is InChI=1S/C26H25N3OS/c1-30-21-14-11-20(12-15-21)25-23-16-13-19-9-5-6-10-22(19)24(23)28-29(25)26(31)27-17-18-7-3-2-4-8-18/h2-12,14-15,23,25H,13,16-17H2,1H3,(H,27,31)/t23-,25-/m0/s1. The highest BCUT2D eigenvalue weighted by Crippen LogP contribution is 2.43. The minimum absolute atomic E-state index is 0.0741. The van der Waals surface area contributed by atoms with Crippen LogP contribution in [0, 0.1) is 5.92 Å². The van der Waals surface area contributed by atoms with Gasteiger partial charge < -0.3 is 10.1 Å². The van der Waals surface area contributed by atoms with Gasteiger partial charge in [-0.1, -0.05) is 66.7 Å². The van der Waals surface area contributed by atoms with Crippen LogP contribution in [-0.2, 0) is 13.0 Å². The molecule has 1 N–H and O–H groups in total. The molecule has 5 rings (SSSR count). The van der Waals surface area contributed by atoms with Gasteiger partial charge in [0.25, 0.3) is 0 Å². The Hall–Kier alpha value is -3.18. The SMILES string of the molecule is COc1ccc([C@H]2[C@H]3CCc4ccccc4C3=NN2C(=S)NCc2ccccc2)cc1. The molecule has 0 saturated heterocycles. The molecular formula is C26H25N3OS. The van der Waals surface area contributed by atoms with E-state index in [-0.39, 0.29) is 6.04 Å². The normalized spacial score (nSPS) is 19.3. The summed E-state index contributed by atoms with van der Waals surface area (Å²) in [6.07, 6.45) is 2.12. The molecule has 0 unspecified atom stereocenters. The Kier molecular flexibility index (Phi) is 5.43. The number of rotatable bonds is 4. The van der Waals surface area contributed by atoms with Gasteiger partial charge in [-0.3, -0.25) is 0 Å². The molecule has 5 heteroatoms. The second kappa shape index (κ2) is 8.52. The van der Waals surface area contributed by atoms with E-state index in [1.807, 2.05) is 35.3 Å². The molecule has 2 aliphatic rings. The zero-order valence-electron chi connectivity index (χ0n) is 17.5. The first kappa shape index (κ1) is 19.8. The molecule has 0 radical (unpaired) electrons. The summed E-state index contributed by atoms with van der Waals surface area (Å²) in [6.45, 7) is 0.678. The summed E-state index contributed by atoms with van der Waals surface area (Å²) in [5.74, 6) is 1.16. The van der Waals surface area contributed by atoms with E-state index >= 15 is 0 Å². The number of nitrogens with one attached hydrogen (secondary N) is 1. The van der Waals surface area contributed by atoms with Gasteiger partial charge in [-0.15, -0.1) is 0 Å². The lowest BCUT2D eigenvalue weighted by Gasteiger charge is -2.31. The van der Waals surface area contributed by atoms with Gasteiger partial charge in [-0.05, 0) is 53.9 Å². The molecular weight excluding hydrogens is 402 g/mol. The van der Waals surface area contributed by atoms with Gasteiger partial charge in [0.2, 0.25) is 0 Å². The van der Waals surface area contributed by atoms with Gasteiger partial charge in [0.05, 0.1) is 18.9 Å². The molecule has 1 aliphatic carbocycles. The largest absolute Gasteiger partial charge is 0.497 e. The Labute approximate surface area is 188 Å². The lowest BCUT2D eigenvalue weighted by molar-refractivity contribution is 0.303. The molecule has 2 atom stereocenters. The summed E-state index contributed by atoms with van der Waals surface area (Å²) >= 11 is 5.84. The first-order chi connectivity index (χ1) is 15.2. The van der Waals surface area contributed by atoms with Crippen molar-refractivity contribution in [3.63, 3.8) is 0 Å². The van der Waals surface area contributed by atoms with Crippen molar-refractivity contribution in [1.82, 2.24) is 10.3 Å². The van der Waals surface area contributed by atoms with E-state index in [0.29, 0.717) is 17.6 Å². The number of nitrogens with zero attached hydrogens (tertiary/aromatic N) is 2. The Morgan fingerprint density at radius 3 is 2.55 bits per heavy atom. The van der Waals surface area contributed by atoms with E-state index in [9.17, 15) is 0 Å². The predicted octanol–water partition coefficient (Wildman–Crippen LogP) is 5.09. The molecule has 1 heterocycles. The average Bonchev–Trinajstić information content (AvgIpc) is 3.23.